The minimum Gasteiger partial charge on any atom is -0.466 e. The van der Waals surface area contributed by atoms with E-state index in [4.69, 9.17) is 4.74 Å². The highest BCUT2D eigenvalue weighted by atomic mass is 16.5. The Balaban J connectivity index is 1.96. The number of aryl methyl sites for hydroxylation is 1. The van der Waals surface area contributed by atoms with Gasteiger partial charge >= 0.3 is 5.97 Å². The van der Waals surface area contributed by atoms with Crippen molar-refractivity contribution in [3.05, 3.63) is 18.2 Å². The Hall–Kier alpha value is -1.36. The largest absolute Gasteiger partial charge is 0.466 e. The molecule has 1 atom stereocenters. The first-order valence-corrected chi connectivity index (χ1v) is 7.06. The van der Waals surface area contributed by atoms with Crippen molar-refractivity contribution >= 4 is 5.97 Å². The minimum absolute atomic E-state index is 0.0840. The number of carbonyl (C=O) groups is 1. The molecule has 19 heavy (non-hydrogen) atoms. The van der Waals surface area contributed by atoms with E-state index in [1.54, 1.807) is 0 Å². The summed E-state index contributed by atoms with van der Waals surface area (Å²) < 4.78 is 7.10. The highest BCUT2D eigenvalue weighted by Gasteiger charge is 2.26. The quantitative estimate of drug-likeness (QED) is 0.761. The van der Waals surface area contributed by atoms with Crippen molar-refractivity contribution in [3.8, 4) is 0 Å². The topological polar surface area (TPSA) is 47.4 Å². The third-order valence-electron chi connectivity index (χ3n) is 3.72. The summed E-state index contributed by atoms with van der Waals surface area (Å²) in [6.07, 6.45) is 7.74. The molecule has 0 bridgehead atoms. The SMILES string of the molecule is CCOC(=O)C[C@H]1CCCCN1Cc1nccn1C. The standard InChI is InChI=1S/C14H23N3O2/c1-3-19-14(18)10-12-6-4-5-8-17(12)11-13-15-7-9-16(13)2/h7,9,12H,3-6,8,10-11H2,1-2H3/t12-/m1/s1. The van der Waals surface area contributed by atoms with Crippen LogP contribution >= 0.6 is 0 Å². The van der Waals surface area contributed by atoms with Crippen molar-refractivity contribution in [2.24, 2.45) is 7.05 Å². The van der Waals surface area contributed by atoms with Crippen molar-refractivity contribution in [2.45, 2.75) is 45.2 Å². The van der Waals surface area contributed by atoms with Gasteiger partial charge < -0.3 is 9.30 Å². The molecule has 1 aliphatic heterocycles. The number of ether oxygens (including phenoxy) is 1. The molecule has 5 heteroatoms. The zero-order valence-corrected chi connectivity index (χ0v) is 11.8. The highest BCUT2D eigenvalue weighted by Crippen LogP contribution is 2.21. The summed E-state index contributed by atoms with van der Waals surface area (Å²) in [5, 5.41) is 0. The van der Waals surface area contributed by atoms with E-state index in [-0.39, 0.29) is 5.97 Å². The van der Waals surface area contributed by atoms with Crippen molar-refractivity contribution in [3.63, 3.8) is 0 Å². The van der Waals surface area contributed by atoms with E-state index < -0.39 is 0 Å². The maximum Gasteiger partial charge on any atom is 0.307 e. The molecular formula is C14H23N3O2. The number of hydrogen-bond acceptors (Lipinski definition) is 4. The van der Waals surface area contributed by atoms with Crippen LogP contribution < -0.4 is 0 Å². The van der Waals surface area contributed by atoms with Crippen LogP contribution in [0.5, 0.6) is 0 Å². The Morgan fingerprint density at radius 3 is 3.05 bits per heavy atom. The second kappa shape index (κ2) is 6.70. The van der Waals surface area contributed by atoms with Gasteiger partial charge in [-0.1, -0.05) is 6.42 Å². The van der Waals surface area contributed by atoms with Gasteiger partial charge in [-0.05, 0) is 26.3 Å². The number of hydrogen-bond donors (Lipinski definition) is 0. The zero-order chi connectivity index (χ0) is 13.7. The molecule has 1 aliphatic rings. The normalized spacial score (nSPS) is 20.4. The highest BCUT2D eigenvalue weighted by molar-refractivity contribution is 5.70. The lowest BCUT2D eigenvalue weighted by Gasteiger charge is -2.34. The van der Waals surface area contributed by atoms with E-state index in [1.807, 2.05) is 30.9 Å². The molecule has 106 valence electrons. The van der Waals surface area contributed by atoms with Crippen LogP contribution in [0, 0.1) is 0 Å². The average Bonchev–Trinajstić information content (AvgIpc) is 2.78. The van der Waals surface area contributed by atoms with Crippen LogP contribution in [0.1, 0.15) is 38.4 Å². The van der Waals surface area contributed by atoms with E-state index in [0.717, 1.165) is 25.3 Å². The predicted octanol–water partition coefficient (Wildman–Crippen LogP) is 1.73. The minimum atomic E-state index is -0.0840. The van der Waals surface area contributed by atoms with Gasteiger partial charge in [0.2, 0.25) is 0 Å². The summed E-state index contributed by atoms with van der Waals surface area (Å²) in [7, 11) is 2.01. The number of nitrogens with zero attached hydrogens (tertiary/aromatic N) is 3. The Bertz CT molecular complexity index is 417. The number of piperidine rings is 1. The molecule has 0 spiro atoms. The first-order chi connectivity index (χ1) is 9.20. The van der Waals surface area contributed by atoms with Crippen molar-refractivity contribution in [1.82, 2.24) is 14.5 Å². The molecule has 0 radical (unpaired) electrons. The number of aromatic nitrogens is 2. The summed E-state index contributed by atoms with van der Waals surface area (Å²) in [6, 6.07) is 0.296. The predicted molar refractivity (Wildman–Crippen MR) is 72.5 cm³/mol. The Kier molecular flexibility index (Phi) is 4.96. The lowest BCUT2D eigenvalue weighted by molar-refractivity contribution is -0.145. The van der Waals surface area contributed by atoms with E-state index in [0.29, 0.717) is 19.1 Å². The Morgan fingerprint density at radius 2 is 2.37 bits per heavy atom. The maximum atomic E-state index is 11.7. The van der Waals surface area contributed by atoms with Gasteiger partial charge in [-0.25, -0.2) is 4.98 Å². The summed E-state index contributed by atoms with van der Waals surface area (Å²) >= 11 is 0. The van der Waals surface area contributed by atoms with Crippen LogP contribution in [-0.2, 0) is 23.1 Å². The lowest BCUT2D eigenvalue weighted by Crippen LogP contribution is -2.41. The maximum absolute atomic E-state index is 11.7. The molecule has 1 aromatic rings. The number of imidazole rings is 1. The molecule has 0 aromatic carbocycles. The first kappa shape index (κ1) is 14.1. The van der Waals surface area contributed by atoms with E-state index in [9.17, 15) is 4.79 Å². The van der Waals surface area contributed by atoms with Gasteiger partial charge in [-0.3, -0.25) is 9.69 Å². The lowest BCUT2D eigenvalue weighted by atomic mass is 9.99. The van der Waals surface area contributed by atoms with Crippen LogP contribution in [0.3, 0.4) is 0 Å². The summed E-state index contributed by atoms with van der Waals surface area (Å²) in [5.41, 5.74) is 0. The number of carbonyl (C=O) groups excluding carboxylic acids is 1. The van der Waals surface area contributed by atoms with E-state index in [1.165, 1.54) is 12.8 Å². The molecule has 0 aliphatic carbocycles. The Labute approximate surface area is 114 Å². The molecule has 1 aromatic heterocycles. The van der Waals surface area contributed by atoms with Gasteiger partial charge in [0.05, 0.1) is 19.6 Å². The molecule has 5 nitrogen and oxygen atoms in total. The van der Waals surface area contributed by atoms with Gasteiger partial charge in [0.25, 0.3) is 0 Å². The van der Waals surface area contributed by atoms with Crippen LogP contribution in [0.15, 0.2) is 12.4 Å². The molecular weight excluding hydrogens is 242 g/mol. The van der Waals surface area contributed by atoms with Gasteiger partial charge in [0.15, 0.2) is 0 Å². The molecule has 1 saturated heterocycles. The molecule has 2 rings (SSSR count). The van der Waals surface area contributed by atoms with Crippen molar-refractivity contribution in [1.29, 1.82) is 0 Å². The number of rotatable bonds is 5. The molecule has 0 N–H and O–H groups in total. The summed E-state index contributed by atoms with van der Waals surface area (Å²) in [5.74, 6) is 0.968. The van der Waals surface area contributed by atoms with Crippen molar-refractivity contribution in [2.75, 3.05) is 13.2 Å². The van der Waals surface area contributed by atoms with Crippen LogP contribution in [-0.4, -0.2) is 39.6 Å². The fraction of sp³-hybridized carbons (Fsp3) is 0.714. The second-order valence-electron chi connectivity index (χ2n) is 5.08. The third kappa shape index (κ3) is 3.80. The number of esters is 1. The molecule has 1 fully saturated rings. The molecule has 0 amide bonds. The average molecular weight is 265 g/mol. The van der Waals surface area contributed by atoms with Gasteiger partial charge in [0.1, 0.15) is 5.82 Å². The molecule has 0 saturated carbocycles. The summed E-state index contributed by atoms with van der Waals surface area (Å²) in [4.78, 5) is 18.4. The van der Waals surface area contributed by atoms with Crippen LogP contribution in [0.25, 0.3) is 0 Å². The van der Waals surface area contributed by atoms with E-state index in [2.05, 4.69) is 9.88 Å². The van der Waals surface area contributed by atoms with E-state index >= 15 is 0 Å². The third-order valence-corrected chi connectivity index (χ3v) is 3.72. The first-order valence-electron chi connectivity index (χ1n) is 7.06. The van der Waals surface area contributed by atoms with Gasteiger partial charge in [-0.15, -0.1) is 0 Å². The fourth-order valence-electron chi connectivity index (χ4n) is 2.64. The number of likely N-dealkylation sites (tertiary alicyclic amines) is 1. The smallest absolute Gasteiger partial charge is 0.307 e. The Morgan fingerprint density at radius 1 is 1.53 bits per heavy atom. The van der Waals surface area contributed by atoms with Crippen LogP contribution in [0.2, 0.25) is 0 Å². The van der Waals surface area contributed by atoms with Gasteiger partial charge in [-0.2, -0.15) is 0 Å². The second-order valence-corrected chi connectivity index (χ2v) is 5.08. The van der Waals surface area contributed by atoms with Crippen molar-refractivity contribution < 1.29 is 9.53 Å². The molecule has 0 unspecified atom stereocenters. The van der Waals surface area contributed by atoms with Crippen LogP contribution in [0.4, 0.5) is 0 Å². The summed E-state index contributed by atoms with van der Waals surface area (Å²) in [6.45, 7) is 4.17. The molecule has 2 heterocycles. The van der Waals surface area contributed by atoms with Gasteiger partial charge in [0, 0.05) is 25.5 Å². The fourth-order valence-corrected chi connectivity index (χ4v) is 2.64. The zero-order valence-electron chi connectivity index (χ0n) is 11.8. The monoisotopic (exact) mass is 265 g/mol.